The molecule has 1 aliphatic rings. The highest BCUT2D eigenvalue weighted by molar-refractivity contribution is 7.83. The number of hydrogen-bond acceptors (Lipinski definition) is 3. The summed E-state index contributed by atoms with van der Waals surface area (Å²) in [6.45, 7) is 2.32. The van der Waals surface area contributed by atoms with E-state index in [-0.39, 0.29) is 0 Å². The van der Waals surface area contributed by atoms with Crippen LogP contribution in [-0.2, 0) is 0 Å². The second kappa shape index (κ2) is 4.62. The number of hydrogen-bond donors (Lipinski definition) is 2. The first-order valence-corrected chi connectivity index (χ1v) is 5.78. The van der Waals surface area contributed by atoms with Gasteiger partial charge in [0, 0.05) is 24.5 Å². The molecule has 1 aromatic rings. The highest BCUT2D eigenvalue weighted by Crippen LogP contribution is 2.23. The highest BCUT2D eigenvalue weighted by Gasteiger charge is 2.12. The number of rotatable bonds is 2. The average Bonchev–Trinajstić information content (AvgIpc) is 2.82. The largest absolute Gasteiger partial charge is 0.398 e. The van der Waals surface area contributed by atoms with Gasteiger partial charge in [0.25, 0.3) is 0 Å². The Morgan fingerprint density at radius 2 is 2.07 bits per heavy atom. The maximum absolute atomic E-state index is 5.83. The van der Waals surface area contributed by atoms with Crippen molar-refractivity contribution >= 4 is 24.0 Å². The minimum absolute atomic E-state index is 0.722. The fourth-order valence-corrected chi connectivity index (χ4v) is 2.08. The van der Waals surface area contributed by atoms with Gasteiger partial charge in [-0.15, -0.1) is 12.6 Å². The van der Waals surface area contributed by atoms with Crippen LogP contribution in [0.1, 0.15) is 18.4 Å². The Morgan fingerprint density at radius 3 is 2.73 bits per heavy atom. The van der Waals surface area contributed by atoms with E-state index < -0.39 is 0 Å². The molecule has 1 aliphatic heterocycles. The maximum atomic E-state index is 5.83. The van der Waals surface area contributed by atoms with Gasteiger partial charge in [0.05, 0.1) is 0 Å². The van der Waals surface area contributed by atoms with Crippen LogP contribution >= 0.6 is 12.6 Å². The first-order chi connectivity index (χ1) is 7.31. The van der Waals surface area contributed by atoms with Crippen molar-refractivity contribution in [1.82, 2.24) is 0 Å². The molecule has 2 N–H and O–H groups in total. The summed E-state index contributed by atoms with van der Waals surface area (Å²) in [4.78, 5) is 2.40. The number of nitrogens with two attached hydrogens (primary N) is 1. The Hall–Kier alpha value is -1.09. The second-order valence-electron chi connectivity index (χ2n) is 3.83. The number of benzene rings is 1. The molecule has 0 saturated carbocycles. The number of nitrogens with zero attached hydrogens (tertiary/aromatic N) is 1. The van der Waals surface area contributed by atoms with E-state index in [1.165, 1.54) is 18.5 Å². The Balaban J connectivity index is 2.25. The molecule has 1 saturated heterocycles. The minimum atomic E-state index is 0.722. The Bertz CT molecular complexity index is 368. The van der Waals surface area contributed by atoms with Crippen molar-refractivity contribution < 1.29 is 0 Å². The molecular formula is C12H16N2S. The molecule has 1 aromatic carbocycles. The van der Waals surface area contributed by atoms with Gasteiger partial charge in [-0.3, -0.25) is 0 Å². The molecule has 1 heterocycles. The van der Waals surface area contributed by atoms with Gasteiger partial charge in [0.15, 0.2) is 0 Å². The van der Waals surface area contributed by atoms with Crippen LogP contribution in [0.15, 0.2) is 29.7 Å². The molecule has 0 amide bonds. The van der Waals surface area contributed by atoms with Crippen LogP contribution in [-0.4, -0.2) is 13.1 Å². The molecule has 0 aromatic heterocycles. The van der Waals surface area contributed by atoms with Crippen LogP contribution in [0.2, 0.25) is 0 Å². The van der Waals surface area contributed by atoms with E-state index >= 15 is 0 Å². The van der Waals surface area contributed by atoms with Gasteiger partial charge in [-0.05, 0) is 35.9 Å². The van der Waals surface area contributed by atoms with Crippen molar-refractivity contribution in [3.8, 4) is 0 Å². The highest BCUT2D eigenvalue weighted by atomic mass is 32.1. The smallest absolute Gasteiger partial charge is 0.0449 e. The Labute approximate surface area is 96.2 Å². The van der Waals surface area contributed by atoms with Gasteiger partial charge in [-0.1, -0.05) is 12.1 Å². The molecule has 15 heavy (non-hydrogen) atoms. The van der Waals surface area contributed by atoms with Crippen LogP contribution in [0.4, 0.5) is 5.69 Å². The molecule has 0 bridgehead atoms. The summed E-state index contributed by atoms with van der Waals surface area (Å²) < 4.78 is 0. The molecule has 0 radical (unpaired) electrons. The zero-order valence-electron chi connectivity index (χ0n) is 8.69. The number of anilines is 1. The van der Waals surface area contributed by atoms with Crippen molar-refractivity contribution in [3.05, 3.63) is 35.2 Å². The predicted octanol–water partition coefficient (Wildman–Crippen LogP) is 2.47. The van der Waals surface area contributed by atoms with Gasteiger partial charge in [-0.25, -0.2) is 0 Å². The Morgan fingerprint density at radius 1 is 1.33 bits per heavy atom. The van der Waals surface area contributed by atoms with E-state index in [4.69, 9.17) is 5.73 Å². The van der Waals surface area contributed by atoms with Crippen molar-refractivity contribution in [2.45, 2.75) is 12.8 Å². The first-order valence-electron chi connectivity index (χ1n) is 5.26. The molecule has 80 valence electrons. The van der Waals surface area contributed by atoms with E-state index in [0.717, 1.165) is 24.4 Å². The molecule has 0 aliphatic carbocycles. The van der Waals surface area contributed by atoms with E-state index in [1.54, 1.807) is 5.41 Å². The lowest BCUT2D eigenvalue weighted by Gasteiger charge is -2.18. The summed E-state index contributed by atoms with van der Waals surface area (Å²) in [7, 11) is 0. The van der Waals surface area contributed by atoms with Crippen molar-refractivity contribution in [2.24, 2.45) is 5.73 Å². The molecule has 0 unspecified atom stereocenters. The zero-order valence-corrected chi connectivity index (χ0v) is 9.58. The second-order valence-corrected chi connectivity index (χ2v) is 4.09. The molecule has 2 nitrogen and oxygen atoms in total. The van der Waals surface area contributed by atoms with Gasteiger partial charge < -0.3 is 10.6 Å². The molecule has 2 rings (SSSR count). The van der Waals surface area contributed by atoms with Crippen LogP contribution in [0, 0.1) is 0 Å². The van der Waals surface area contributed by atoms with Crippen molar-refractivity contribution in [1.29, 1.82) is 0 Å². The SMILES string of the molecule is N/C(=C\S)c1cccc(N2CCCC2)c1. The average molecular weight is 220 g/mol. The maximum Gasteiger partial charge on any atom is 0.0449 e. The minimum Gasteiger partial charge on any atom is -0.398 e. The molecular weight excluding hydrogens is 204 g/mol. The standard InChI is InChI=1S/C12H16N2S/c13-12(9-15)10-4-3-5-11(8-10)14-6-1-2-7-14/h3-5,8-9,15H,1-2,6-7,13H2/b12-9-. The lowest BCUT2D eigenvalue weighted by molar-refractivity contribution is 0.949. The third kappa shape index (κ3) is 2.29. The first kappa shape index (κ1) is 10.4. The summed E-state index contributed by atoms with van der Waals surface area (Å²) in [6.07, 6.45) is 2.59. The molecule has 0 atom stereocenters. The fraction of sp³-hybridized carbons (Fsp3) is 0.333. The normalized spacial score (nSPS) is 17.1. The quantitative estimate of drug-likeness (QED) is 0.750. The third-order valence-corrected chi connectivity index (χ3v) is 3.07. The summed E-state index contributed by atoms with van der Waals surface area (Å²) >= 11 is 4.07. The zero-order chi connectivity index (χ0) is 10.7. The molecule has 3 heteroatoms. The topological polar surface area (TPSA) is 29.3 Å². The van der Waals surface area contributed by atoms with E-state index in [9.17, 15) is 0 Å². The third-order valence-electron chi connectivity index (χ3n) is 2.79. The lowest BCUT2D eigenvalue weighted by atomic mass is 10.1. The van der Waals surface area contributed by atoms with Crippen LogP contribution in [0.3, 0.4) is 0 Å². The van der Waals surface area contributed by atoms with Gasteiger partial charge in [-0.2, -0.15) is 0 Å². The summed E-state index contributed by atoms with van der Waals surface area (Å²) in [6, 6.07) is 8.34. The summed E-state index contributed by atoms with van der Waals surface area (Å²) in [5.41, 5.74) is 8.87. The van der Waals surface area contributed by atoms with Crippen molar-refractivity contribution in [3.63, 3.8) is 0 Å². The number of thiol groups is 1. The Kier molecular flexibility index (Phi) is 3.21. The van der Waals surface area contributed by atoms with Gasteiger partial charge in [0.1, 0.15) is 0 Å². The van der Waals surface area contributed by atoms with E-state index in [2.05, 4.69) is 29.7 Å². The molecule has 1 fully saturated rings. The van der Waals surface area contributed by atoms with Crippen LogP contribution in [0.25, 0.3) is 5.70 Å². The fourth-order valence-electron chi connectivity index (χ4n) is 1.93. The van der Waals surface area contributed by atoms with Crippen molar-refractivity contribution in [2.75, 3.05) is 18.0 Å². The monoisotopic (exact) mass is 220 g/mol. The predicted molar refractivity (Wildman–Crippen MR) is 69.0 cm³/mol. The molecule has 0 spiro atoms. The van der Waals surface area contributed by atoms with Crippen LogP contribution < -0.4 is 10.6 Å². The van der Waals surface area contributed by atoms with E-state index in [0.29, 0.717) is 0 Å². The van der Waals surface area contributed by atoms with Crippen LogP contribution in [0.5, 0.6) is 0 Å². The van der Waals surface area contributed by atoms with E-state index in [1.807, 2.05) is 12.1 Å². The summed E-state index contributed by atoms with van der Waals surface area (Å²) in [5, 5.41) is 1.64. The van der Waals surface area contributed by atoms with Gasteiger partial charge in [0.2, 0.25) is 0 Å². The lowest BCUT2D eigenvalue weighted by Crippen LogP contribution is -2.17. The summed E-state index contributed by atoms with van der Waals surface area (Å²) in [5.74, 6) is 0. The van der Waals surface area contributed by atoms with Gasteiger partial charge >= 0.3 is 0 Å².